The predicted molar refractivity (Wildman–Crippen MR) is 135 cm³/mol. The minimum atomic E-state index is -4.28. The van der Waals surface area contributed by atoms with E-state index in [0.717, 1.165) is 18.5 Å². The minimum absolute atomic E-state index is 0.0506. The van der Waals surface area contributed by atoms with Crippen LogP contribution in [0.5, 0.6) is 0 Å². The first-order valence-electron chi connectivity index (χ1n) is 12.0. The number of hydrogen-bond donors (Lipinski definition) is 5. The molecule has 2 unspecified atom stereocenters. The number of halogens is 1. The van der Waals surface area contributed by atoms with Crippen molar-refractivity contribution in [3.63, 3.8) is 0 Å². The van der Waals surface area contributed by atoms with Gasteiger partial charge in [-0.25, -0.2) is 4.98 Å². The number of rotatable bonds is 11. The van der Waals surface area contributed by atoms with Gasteiger partial charge in [-0.05, 0) is 48.6 Å². The topological polar surface area (TPSA) is 163 Å². The van der Waals surface area contributed by atoms with Crippen LogP contribution in [0.3, 0.4) is 0 Å². The molecule has 36 heavy (non-hydrogen) atoms. The number of imidazole rings is 1. The molecule has 5 N–H and O–H groups in total. The maximum absolute atomic E-state index is 11.2. The number of aliphatic hydroxyl groups is 2. The van der Waals surface area contributed by atoms with Gasteiger partial charge in [0.25, 0.3) is 0 Å². The van der Waals surface area contributed by atoms with E-state index < -0.39 is 38.3 Å². The highest BCUT2D eigenvalue weighted by atomic mass is 35.5. The average molecular weight is 540 g/mol. The molecule has 0 saturated carbocycles. The Labute approximate surface area is 213 Å². The molecule has 0 spiro atoms. The van der Waals surface area contributed by atoms with Crippen LogP contribution in [0.15, 0.2) is 30.6 Å². The van der Waals surface area contributed by atoms with Crippen LogP contribution < -0.4 is 5.32 Å². The molecule has 1 saturated heterocycles. The summed E-state index contributed by atoms with van der Waals surface area (Å²) in [6.45, 7) is 2.19. The average Bonchev–Trinajstić information content (AvgIpc) is 3.37. The molecule has 3 aromatic rings. The molecule has 3 heterocycles. The monoisotopic (exact) mass is 539 g/mol. The SMILES string of the molecule is CCCCCCc1ccc(Nc2nc(Cl)nc3c2ncn3[C@@H]2O[C@H](CCP(=O)(O)O)C(O)C2O)cc1. The second kappa shape index (κ2) is 11.5. The zero-order valence-electron chi connectivity index (χ0n) is 19.9. The zero-order valence-corrected chi connectivity index (χ0v) is 21.5. The van der Waals surface area contributed by atoms with E-state index >= 15 is 0 Å². The summed E-state index contributed by atoms with van der Waals surface area (Å²) in [7, 11) is -4.28. The van der Waals surface area contributed by atoms with Gasteiger partial charge in [-0.3, -0.25) is 9.13 Å². The molecular formula is C23H31ClN5O6P. The third kappa shape index (κ3) is 6.41. The second-order valence-electron chi connectivity index (χ2n) is 9.02. The van der Waals surface area contributed by atoms with Crippen molar-refractivity contribution in [2.45, 2.75) is 70.0 Å². The highest BCUT2D eigenvalue weighted by Crippen LogP contribution is 2.40. The molecular weight excluding hydrogens is 509 g/mol. The maximum Gasteiger partial charge on any atom is 0.325 e. The highest BCUT2D eigenvalue weighted by Gasteiger charge is 2.44. The maximum atomic E-state index is 11.2. The van der Waals surface area contributed by atoms with E-state index in [2.05, 4.69) is 39.3 Å². The molecule has 11 nitrogen and oxygen atoms in total. The Bertz CT molecular complexity index is 1220. The van der Waals surface area contributed by atoms with Crippen LogP contribution in [0.4, 0.5) is 11.5 Å². The molecule has 1 aliphatic heterocycles. The Balaban J connectivity index is 1.51. The summed E-state index contributed by atoms with van der Waals surface area (Å²) < 4.78 is 18.4. The molecule has 1 aromatic carbocycles. The number of nitrogens with zero attached hydrogens (tertiary/aromatic N) is 4. The number of ether oxygens (including phenoxy) is 1. The Kier molecular flexibility index (Phi) is 8.62. The standard InChI is InChI=1S/C23H31ClN5O6P/c1-2-3-4-5-6-14-7-9-15(10-8-14)26-20-17-21(28-23(24)27-20)29(13-25-17)22-19(31)18(30)16(35-22)11-12-36(32,33)34/h7-10,13,16,18-19,22,30-31H,2-6,11-12H2,1H3,(H,26,27,28)(H2,32,33,34)/t16-,18?,19?,22-/m1/s1. The third-order valence-electron chi connectivity index (χ3n) is 6.25. The predicted octanol–water partition coefficient (Wildman–Crippen LogP) is 3.53. The summed E-state index contributed by atoms with van der Waals surface area (Å²) >= 11 is 6.18. The summed E-state index contributed by atoms with van der Waals surface area (Å²) in [6, 6.07) is 8.04. The molecule has 0 amide bonds. The van der Waals surface area contributed by atoms with Crippen LogP contribution in [0, 0.1) is 0 Å². The zero-order chi connectivity index (χ0) is 25.9. The van der Waals surface area contributed by atoms with Gasteiger partial charge in [0.1, 0.15) is 12.2 Å². The highest BCUT2D eigenvalue weighted by molar-refractivity contribution is 7.51. The molecule has 196 valence electrons. The normalized spacial score (nSPS) is 22.4. The van der Waals surface area contributed by atoms with Crippen LogP contribution in [0.2, 0.25) is 5.28 Å². The number of aryl methyl sites for hydroxylation is 1. The minimum Gasteiger partial charge on any atom is -0.388 e. The Morgan fingerprint density at radius 2 is 1.86 bits per heavy atom. The van der Waals surface area contributed by atoms with E-state index in [9.17, 15) is 14.8 Å². The van der Waals surface area contributed by atoms with Gasteiger partial charge in [0.15, 0.2) is 23.2 Å². The van der Waals surface area contributed by atoms with Gasteiger partial charge in [-0.1, -0.05) is 38.3 Å². The molecule has 4 rings (SSSR count). The quantitative estimate of drug-likeness (QED) is 0.138. The van der Waals surface area contributed by atoms with E-state index in [1.807, 2.05) is 12.1 Å². The first kappa shape index (κ1) is 26.9. The lowest BCUT2D eigenvalue weighted by Gasteiger charge is -2.17. The van der Waals surface area contributed by atoms with Gasteiger partial charge in [0, 0.05) is 5.69 Å². The van der Waals surface area contributed by atoms with Crippen molar-refractivity contribution in [3.05, 3.63) is 41.4 Å². The number of aromatic nitrogens is 4. The Morgan fingerprint density at radius 1 is 1.11 bits per heavy atom. The number of nitrogens with one attached hydrogen (secondary N) is 1. The fourth-order valence-corrected chi connectivity index (χ4v) is 5.06. The molecule has 0 aliphatic carbocycles. The van der Waals surface area contributed by atoms with E-state index in [4.69, 9.17) is 26.1 Å². The smallest absolute Gasteiger partial charge is 0.325 e. The summed E-state index contributed by atoms with van der Waals surface area (Å²) in [5, 5.41) is 24.1. The van der Waals surface area contributed by atoms with Crippen LogP contribution in [0.25, 0.3) is 11.2 Å². The lowest BCUT2D eigenvalue weighted by molar-refractivity contribution is -0.0355. The van der Waals surface area contributed by atoms with Crippen molar-refractivity contribution in [2.24, 2.45) is 0 Å². The number of fused-ring (bicyclic) bond motifs is 1. The summed E-state index contributed by atoms with van der Waals surface area (Å²) in [5.41, 5.74) is 2.71. The first-order valence-corrected chi connectivity index (χ1v) is 14.2. The van der Waals surface area contributed by atoms with Gasteiger partial charge in [-0.15, -0.1) is 0 Å². The van der Waals surface area contributed by atoms with Crippen LogP contribution in [-0.2, 0) is 15.7 Å². The lowest BCUT2D eigenvalue weighted by Crippen LogP contribution is -2.31. The lowest BCUT2D eigenvalue weighted by atomic mass is 10.1. The molecule has 13 heteroatoms. The van der Waals surface area contributed by atoms with Gasteiger partial charge >= 0.3 is 7.60 Å². The molecule has 0 bridgehead atoms. The van der Waals surface area contributed by atoms with E-state index in [0.29, 0.717) is 11.3 Å². The van der Waals surface area contributed by atoms with Crippen LogP contribution in [0.1, 0.15) is 50.8 Å². The molecule has 2 aromatic heterocycles. The summed E-state index contributed by atoms with van der Waals surface area (Å²) in [6.07, 6.45) is 1.91. The Morgan fingerprint density at radius 3 is 2.56 bits per heavy atom. The van der Waals surface area contributed by atoms with Gasteiger partial charge < -0.3 is 30.1 Å². The number of hydrogen-bond acceptors (Lipinski definition) is 8. The number of unbranched alkanes of at least 4 members (excludes halogenated alkanes) is 3. The van der Waals surface area contributed by atoms with E-state index in [1.54, 1.807) is 0 Å². The van der Waals surface area contributed by atoms with E-state index in [1.165, 1.54) is 35.7 Å². The number of benzene rings is 1. The fraction of sp³-hybridized carbons (Fsp3) is 0.522. The largest absolute Gasteiger partial charge is 0.388 e. The molecule has 0 radical (unpaired) electrons. The molecule has 1 aliphatic rings. The number of anilines is 2. The van der Waals surface area contributed by atoms with Crippen molar-refractivity contribution in [1.29, 1.82) is 0 Å². The van der Waals surface area contributed by atoms with Gasteiger partial charge in [0.2, 0.25) is 5.28 Å². The fourth-order valence-electron chi connectivity index (χ4n) is 4.30. The number of aliphatic hydroxyl groups excluding tert-OH is 2. The second-order valence-corrected chi connectivity index (χ2v) is 11.1. The van der Waals surface area contributed by atoms with Crippen LogP contribution >= 0.6 is 19.2 Å². The van der Waals surface area contributed by atoms with Crippen molar-refractivity contribution in [1.82, 2.24) is 19.5 Å². The van der Waals surface area contributed by atoms with Crippen molar-refractivity contribution in [3.8, 4) is 0 Å². The van der Waals surface area contributed by atoms with Crippen LogP contribution in [-0.4, -0.2) is 64.0 Å². The van der Waals surface area contributed by atoms with E-state index in [-0.39, 0.29) is 17.4 Å². The van der Waals surface area contributed by atoms with Gasteiger partial charge in [-0.2, -0.15) is 9.97 Å². The molecule has 4 atom stereocenters. The summed E-state index contributed by atoms with van der Waals surface area (Å²) in [5.74, 6) is 0.366. The third-order valence-corrected chi connectivity index (χ3v) is 7.26. The summed E-state index contributed by atoms with van der Waals surface area (Å²) in [4.78, 5) is 31.1. The first-order chi connectivity index (χ1) is 17.2. The van der Waals surface area contributed by atoms with Gasteiger partial charge in [0.05, 0.1) is 18.6 Å². The van der Waals surface area contributed by atoms with Crippen molar-refractivity contribution in [2.75, 3.05) is 11.5 Å². The Hall–Kier alpha value is -2.11. The molecule has 1 fully saturated rings. The van der Waals surface area contributed by atoms with Crippen molar-refractivity contribution < 1.29 is 29.3 Å². The van der Waals surface area contributed by atoms with Crippen molar-refractivity contribution >= 4 is 41.9 Å².